The summed E-state index contributed by atoms with van der Waals surface area (Å²) in [6.07, 6.45) is 3.42. The van der Waals surface area contributed by atoms with E-state index < -0.39 is 0 Å². The Morgan fingerprint density at radius 1 is 1.00 bits per heavy atom. The van der Waals surface area contributed by atoms with Gasteiger partial charge in [0.25, 0.3) is 0 Å². The van der Waals surface area contributed by atoms with Gasteiger partial charge in [0, 0.05) is 18.0 Å². The van der Waals surface area contributed by atoms with Gasteiger partial charge in [-0.2, -0.15) is 0 Å². The Morgan fingerprint density at radius 2 is 1.84 bits per heavy atom. The van der Waals surface area contributed by atoms with Gasteiger partial charge in [0.1, 0.15) is 0 Å². The van der Waals surface area contributed by atoms with Gasteiger partial charge in [-0.1, -0.05) is 17.7 Å². The summed E-state index contributed by atoms with van der Waals surface area (Å²) in [7, 11) is 0. The van der Waals surface area contributed by atoms with Crippen LogP contribution in [0.2, 0.25) is 0 Å². The van der Waals surface area contributed by atoms with E-state index in [0.29, 0.717) is 11.8 Å². The van der Waals surface area contributed by atoms with Gasteiger partial charge >= 0.3 is 0 Å². The summed E-state index contributed by atoms with van der Waals surface area (Å²) in [5.74, 6) is 1.03. The van der Waals surface area contributed by atoms with Crippen LogP contribution in [0.1, 0.15) is 11.1 Å². The van der Waals surface area contributed by atoms with Crippen molar-refractivity contribution in [2.75, 3.05) is 0 Å². The summed E-state index contributed by atoms with van der Waals surface area (Å²) in [4.78, 5) is 4.05. The second kappa shape index (κ2) is 4.65. The standard InChI is InChI=1S/C15H13N3O/c1-10-5-6-11(2)13(8-10)15-18-17-14(19-15)12-4-3-7-16-9-12/h3-9H,1-2H3. The Bertz CT molecular complexity index is 704. The summed E-state index contributed by atoms with van der Waals surface area (Å²) in [6, 6.07) is 9.91. The van der Waals surface area contributed by atoms with E-state index in [1.54, 1.807) is 12.4 Å². The van der Waals surface area contributed by atoms with Gasteiger partial charge in [-0.05, 0) is 37.6 Å². The summed E-state index contributed by atoms with van der Waals surface area (Å²) in [6.45, 7) is 4.07. The van der Waals surface area contributed by atoms with Gasteiger partial charge in [0.05, 0.1) is 5.56 Å². The number of aromatic nitrogens is 3. The largest absolute Gasteiger partial charge is 0.416 e. The van der Waals surface area contributed by atoms with E-state index in [4.69, 9.17) is 4.42 Å². The number of rotatable bonds is 2. The first-order valence-corrected chi connectivity index (χ1v) is 6.05. The topological polar surface area (TPSA) is 51.8 Å². The van der Waals surface area contributed by atoms with E-state index in [-0.39, 0.29) is 0 Å². The highest BCUT2D eigenvalue weighted by Crippen LogP contribution is 2.26. The number of hydrogen-bond donors (Lipinski definition) is 0. The third kappa shape index (κ3) is 2.25. The highest BCUT2D eigenvalue weighted by molar-refractivity contribution is 5.61. The zero-order valence-electron chi connectivity index (χ0n) is 10.8. The molecule has 4 nitrogen and oxygen atoms in total. The minimum absolute atomic E-state index is 0.490. The number of benzene rings is 1. The highest BCUT2D eigenvalue weighted by Gasteiger charge is 2.12. The zero-order valence-corrected chi connectivity index (χ0v) is 10.8. The van der Waals surface area contributed by atoms with Gasteiger partial charge < -0.3 is 4.42 Å². The van der Waals surface area contributed by atoms with E-state index in [0.717, 1.165) is 16.7 Å². The molecule has 2 heterocycles. The summed E-state index contributed by atoms with van der Waals surface area (Å²) in [5, 5.41) is 8.20. The van der Waals surface area contributed by atoms with Crippen molar-refractivity contribution in [1.82, 2.24) is 15.2 Å². The van der Waals surface area contributed by atoms with E-state index >= 15 is 0 Å². The van der Waals surface area contributed by atoms with Crippen LogP contribution in [-0.4, -0.2) is 15.2 Å². The van der Waals surface area contributed by atoms with Gasteiger partial charge in [-0.3, -0.25) is 4.98 Å². The second-order valence-corrected chi connectivity index (χ2v) is 4.47. The molecule has 1 aromatic carbocycles. The molecule has 0 amide bonds. The van der Waals surface area contributed by atoms with Crippen molar-refractivity contribution >= 4 is 0 Å². The maximum absolute atomic E-state index is 5.73. The highest BCUT2D eigenvalue weighted by atomic mass is 16.4. The van der Waals surface area contributed by atoms with Crippen LogP contribution in [0.25, 0.3) is 22.9 Å². The molecule has 94 valence electrons. The van der Waals surface area contributed by atoms with Crippen molar-refractivity contribution in [1.29, 1.82) is 0 Å². The molecule has 0 aliphatic carbocycles. The molecular weight excluding hydrogens is 238 g/mol. The predicted molar refractivity (Wildman–Crippen MR) is 72.4 cm³/mol. The third-order valence-corrected chi connectivity index (χ3v) is 2.96. The minimum Gasteiger partial charge on any atom is -0.416 e. The average Bonchev–Trinajstić information content (AvgIpc) is 2.92. The molecule has 3 rings (SSSR count). The second-order valence-electron chi connectivity index (χ2n) is 4.47. The lowest BCUT2D eigenvalue weighted by Gasteiger charge is -2.01. The molecule has 3 aromatic rings. The molecule has 0 saturated heterocycles. The molecule has 0 fully saturated rings. The predicted octanol–water partition coefficient (Wildman–Crippen LogP) is 3.42. The minimum atomic E-state index is 0.490. The van der Waals surface area contributed by atoms with Crippen LogP contribution < -0.4 is 0 Å². The molecule has 0 aliphatic rings. The first kappa shape index (κ1) is 11.6. The summed E-state index contributed by atoms with van der Waals surface area (Å²) in [5.41, 5.74) is 4.09. The number of aryl methyl sites for hydroxylation is 2. The lowest BCUT2D eigenvalue weighted by atomic mass is 10.1. The molecule has 0 atom stereocenters. The summed E-state index contributed by atoms with van der Waals surface area (Å²) < 4.78 is 5.73. The van der Waals surface area contributed by atoms with E-state index in [9.17, 15) is 0 Å². The van der Waals surface area contributed by atoms with Crippen LogP contribution in [0.3, 0.4) is 0 Å². The summed E-state index contributed by atoms with van der Waals surface area (Å²) >= 11 is 0. The Labute approximate surface area is 111 Å². The molecule has 0 N–H and O–H groups in total. The molecular formula is C15H13N3O. The maximum atomic E-state index is 5.73. The molecule has 19 heavy (non-hydrogen) atoms. The van der Waals surface area contributed by atoms with Crippen molar-refractivity contribution < 1.29 is 4.42 Å². The Balaban J connectivity index is 2.04. The molecule has 0 radical (unpaired) electrons. The Morgan fingerprint density at radius 3 is 2.63 bits per heavy atom. The van der Waals surface area contributed by atoms with Gasteiger partial charge in [-0.15, -0.1) is 10.2 Å². The molecule has 0 saturated carbocycles. The normalized spacial score (nSPS) is 10.6. The number of nitrogens with zero attached hydrogens (tertiary/aromatic N) is 3. The van der Waals surface area contributed by atoms with Crippen molar-refractivity contribution in [2.24, 2.45) is 0 Å². The first-order chi connectivity index (χ1) is 9.24. The van der Waals surface area contributed by atoms with E-state index in [2.05, 4.69) is 33.4 Å². The van der Waals surface area contributed by atoms with Gasteiger partial charge in [0.15, 0.2) is 0 Å². The van der Waals surface area contributed by atoms with Gasteiger partial charge in [0.2, 0.25) is 11.8 Å². The van der Waals surface area contributed by atoms with Crippen LogP contribution in [0.15, 0.2) is 47.1 Å². The lowest BCUT2D eigenvalue weighted by Crippen LogP contribution is -1.84. The smallest absolute Gasteiger partial charge is 0.249 e. The third-order valence-electron chi connectivity index (χ3n) is 2.96. The van der Waals surface area contributed by atoms with Crippen LogP contribution in [0.5, 0.6) is 0 Å². The van der Waals surface area contributed by atoms with Crippen molar-refractivity contribution in [3.05, 3.63) is 53.9 Å². The fraction of sp³-hybridized carbons (Fsp3) is 0.133. The van der Waals surface area contributed by atoms with E-state index in [1.807, 2.05) is 26.0 Å². The van der Waals surface area contributed by atoms with Crippen molar-refractivity contribution in [2.45, 2.75) is 13.8 Å². The Kier molecular flexibility index (Phi) is 2.83. The monoisotopic (exact) mass is 251 g/mol. The van der Waals surface area contributed by atoms with Crippen LogP contribution in [0.4, 0.5) is 0 Å². The van der Waals surface area contributed by atoms with Crippen molar-refractivity contribution in [3.63, 3.8) is 0 Å². The lowest BCUT2D eigenvalue weighted by molar-refractivity contribution is 0.584. The SMILES string of the molecule is Cc1ccc(C)c(-c2nnc(-c3cccnc3)o2)c1. The first-order valence-electron chi connectivity index (χ1n) is 6.05. The van der Waals surface area contributed by atoms with E-state index in [1.165, 1.54) is 5.56 Å². The molecule has 0 bridgehead atoms. The molecule has 2 aromatic heterocycles. The molecule has 0 aliphatic heterocycles. The molecule has 0 unspecified atom stereocenters. The van der Waals surface area contributed by atoms with Crippen LogP contribution in [0, 0.1) is 13.8 Å². The van der Waals surface area contributed by atoms with Gasteiger partial charge in [-0.25, -0.2) is 0 Å². The fourth-order valence-electron chi connectivity index (χ4n) is 1.90. The Hall–Kier alpha value is -2.49. The number of pyridine rings is 1. The number of hydrogen-bond acceptors (Lipinski definition) is 4. The molecule has 0 spiro atoms. The molecule has 4 heteroatoms. The average molecular weight is 251 g/mol. The zero-order chi connectivity index (χ0) is 13.2. The van der Waals surface area contributed by atoms with Crippen molar-refractivity contribution in [3.8, 4) is 22.9 Å². The quantitative estimate of drug-likeness (QED) is 0.700. The van der Waals surface area contributed by atoms with Crippen LogP contribution >= 0.6 is 0 Å². The fourth-order valence-corrected chi connectivity index (χ4v) is 1.90. The van der Waals surface area contributed by atoms with Crippen LogP contribution in [-0.2, 0) is 0 Å². The maximum Gasteiger partial charge on any atom is 0.249 e.